The lowest BCUT2D eigenvalue weighted by atomic mass is 10.0. The van der Waals surface area contributed by atoms with Crippen molar-refractivity contribution in [3.05, 3.63) is 12.4 Å². The highest BCUT2D eigenvalue weighted by Gasteiger charge is 2.21. The van der Waals surface area contributed by atoms with Gasteiger partial charge < -0.3 is 15.3 Å². The van der Waals surface area contributed by atoms with Crippen LogP contribution in [-0.4, -0.2) is 46.7 Å². The molecule has 0 aliphatic carbocycles. The molecular weight excluding hydrogens is 264 g/mol. The molecule has 2 atom stereocenters. The van der Waals surface area contributed by atoms with Gasteiger partial charge in [-0.2, -0.15) is 5.10 Å². The van der Waals surface area contributed by atoms with Gasteiger partial charge in [0.05, 0.1) is 18.0 Å². The van der Waals surface area contributed by atoms with Crippen LogP contribution in [0.3, 0.4) is 0 Å². The molecule has 5 nitrogen and oxygen atoms in total. The molecule has 2 heterocycles. The Bertz CT molecular complexity index is 418. The normalized spacial score (nSPS) is 21.0. The quantitative estimate of drug-likeness (QED) is 0.805. The molecule has 0 aromatic carbocycles. The molecule has 120 valence electrons. The Kier molecular flexibility index (Phi) is 6.06. The summed E-state index contributed by atoms with van der Waals surface area (Å²) in [5.41, 5.74) is 1.20. The van der Waals surface area contributed by atoms with E-state index in [1.165, 1.54) is 18.5 Å². The van der Waals surface area contributed by atoms with Gasteiger partial charge in [-0.1, -0.05) is 13.8 Å². The van der Waals surface area contributed by atoms with Crippen molar-refractivity contribution >= 4 is 5.69 Å². The van der Waals surface area contributed by atoms with Gasteiger partial charge >= 0.3 is 0 Å². The molecule has 1 fully saturated rings. The smallest absolute Gasteiger partial charge is 0.0752 e. The summed E-state index contributed by atoms with van der Waals surface area (Å²) in [7, 11) is 1.95. The average molecular weight is 294 g/mol. The Morgan fingerprint density at radius 3 is 2.90 bits per heavy atom. The Balaban J connectivity index is 1.74. The van der Waals surface area contributed by atoms with E-state index in [2.05, 4.69) is 35.4 Å². The number of rotatable bonds is 7. The lowest BCUT2D eigenvalue weighted by molar-refractivity contribution is 0.148. The predicted octanol–water partition coefficient (Wildman–Crippen LogP) is 1.78. The minimum Gasteiger partial charge on any atom is -0.392 e. The third-order valence-corrected chi connectivity index (χ3v) is 4.20. The van der Waals surface area contributed by atoms with E-state index in [-0.39, 0.29) is 6.10 Å². The summed E-state index contributed by atoms with van der Waals surface area (Å²) in [5.74, 6) is 0.662. The summed E-state index contributed by atoms with van der Waals surface area (Å²) < 4.78 is 1.85. The second-order valence-corrected chi connectivity index (χ2v) is 6.69. The van der Waals surface area contributed by atoms with Crippen LogP contribution in [0.15, 0.2) is 12.4 Å². The van der Waals surface area contributed by atoms with Gasteiger partial charge in [-0.15, -0.1) is 0 Å². The van der Waals surface area contributed by atoms with Crippen molar-refractivity contribution in [2.24, 2.45) is 13.0 Å². The Labute approximate surface area is 128 Å². The number of nitrogens with zero attached hydrogens (tertiary/aromatic N) is 3. The molecule has 1 aromatic rings. The highest BCUT2D eigenvalue weighted by atomic mass is 16.3. The van der Waals surface area contributed by atoms with E-state index in [1.807, 2.05) is 17.9 Å². The molecule has 1 saturated heterocycles. The predicted molar refractivity (Wildman–Crippen MR) is 86.5 cm³/mol. The summed E-state index contributed by atoms with van der Waals surface area (Å²) in [6, 6.07) is 0.465. The fourth-order valence-electron chi connectivity index (χ4n) is 2.88. The van der Waals surface area contributed by atoms with E-state index in [0.29, 0.717) is 18.5 Å². The molecule has 0 amide bonds. The first-order valence-electron chi connectivity index (χ1n) is 8.19. The molecular formula is C16H30N4O. The van der Waals surface area contributed by atoms with Crippen LogP contribution in [-0.2, 0) is 7.05 Å². The van der Waals surface area contributed by atoms with Crippen LogP contribution < -0.4 is 10.2 Å². The zero-order chi connectivity index (χ0) is 15.2. The summed E-state index contributed by atoms with van der Waals surface area (Å²) >= 11 is 0. The van der Waals surface area contributed by atoms with Crippen molar-refractivity contribution in [3.63, 3.8) is 0 Å². The monoisotopic (exact) mass is 294 g/mol. The highest BCUT2D eigenvalue weighted by Crippen LogP contribution is 2.19. The summed E-state index contributed by atoms with van der Waals surface area (Å²) in [4.78, 5) is 2.38. The lowest BCUT2D eigenvalue weighted by Crippen LogP contribution is -2.47. The van der Waals surface area contributed by atoms with Gasteiger partial charge in [-0.25, -0.2) is 0 Å². The molecule has 0 radical (unpaired) electrons. The largest absolute Gasteiger partial charge is 0.392 e. The summed E-state index contributed by atoms with van der Waals surface area (Å²) in [6.07, 6.45) is 8.14. The molecule has 1 aromatic heterocycles. The number of aromatic nitrogens is 2. The van der Waals surface area contributed by atoms with Gasteiger partial charge in [-0.05, 0) is 31.6 Å². The molecule has 2 N–H and O–H groups in total. The van der Waals surface area contributed by atoms with Crippen LogP contribution >= 0.6 is 0 Å². The lowest BCUT2D eigenvalue weighted by Gasteiger charge is -2.34. The molecule has 5 heteroatoms. The van der Waals surface area contributed by atoms with Crippen molar-refractivity contribution < 1.29 is 5.11 Å². The summed E-state index contributed by atoms with van der Waals surface area (Å²) in [6.45, 7) is 7.21. The molecule has 0 bridgehead atoms. The van der Waals surface area contributed by atoms with Gasteiger partial charge in [-0.3, -0.25) is 4.68 Å². The molecule has 21 heavy (non-hydrogen) atoms. The third kappa shape index (κ3) is 5.32. The van der Waals surface area contributed by atoms with Crippen molar-refractivity contribution in [2.75, 3.05) is 24.5 Å². The van der Waals surface area contributed by atoms with E-state index >= 15 is 0 Å². The molecule has 0 spiro atoms. The SMILES string of the molecule is CC(C)CCC(O)CNC1CCCN(c2cnn(C)c2)C1. The number of aryl methyl sites for hydroxylation is 1. The fraction of sp³-hybridized carbons (Fsp3) is 0.812. The van der Waals surface area contributed by atoms with E-state index in [9.17, 15) is 5.11 Å². The topological polar surface area (TPSA) is 53.3 Å². The van der Waals surface area contributed by atoms with E-state index in [0.717, 1.165) is 25.9 Å². The zero-order valence-electron chi connectivity index (χ0n) is 13.6. The van der Waals surface area contributed by atoms with Crippen molar-refractivity contribution in [3.8, 4) is 0 Å². The van der Waals surface area contributed by atoms with Crippen LogP contribution in [0, 0.1) is 5.92 Å². The number of hydrogen-bond donors (Lipinski definition) is 2. The molecule has 2 unspecified atom stereocenters. The Morgan fingerprint density at radius 2 is 2.24 bits per heavy atom. The van der Waals surface area contributed by atoms with Crippen molar-refractivity contribution in [2.45, 2.75) is 51.7 Å². The van der Waals surface area contributed by atoms with Crippen LogP contribution in [0.5, 0.6) is 0 Å². The first-order valence-corrected chi connectivity index (χ1v) is 8.19. The fourth-order valence-corrected chi connectivity index (χ4v) is 2.88. The van der Waals surface area contributed by atoms with E-state index < -0.39 is 0 Å². The number of piperidine rings is 1. The van der Waals surface area contributed by atoms with Crippen LogP contribution in [0.4, 0.5) is 5.69 Å². The number of nitrogens with one attached hydrogen (secondary N) is 1. The van der Waals surface area contributed by atoms with Gasteiger partial charge in [0.15, 0.2) is 0 Å². The maximum Gasteiger partial charge on any atom is 0.0752 e. The number of hydrogen-bond acceptors (Lipinski definition) is 4. The zero-order valence-corrected chi connectivity index (χ0v) is 13.6. The van der Waals surface area contributed by atoms with Gasteiger partial charge in [0.2, 0.25) is 0 Å². The van der Waals surface area contributed by atoms with E-state index in [4.69, 9.17) is 0 Å². The van der Waals surface area contributed by atoms with Crippen molar-refractivity contribution in [1.29, 1.82) is 0 Å². The standard InChI is InChI=1S/C16H30N4O/c1-13(2)6-7-16(21)10-17-14-5-4-8-20(11-14)15-9-18-19(3)12-15/h9,12-14,16-17,21H,4-8,10-11H2,1-3H3. The average Bonchev–Trinajstić information content (AvgIpc) is 2.90. The van der Waals surface area contributed by atoms with Crippen LogP contribution in [0.1, 0.15) is 39.5 Å². The summed E-state index contributed by atoms with van der Waals surface area (Å²) in [5, 5.41) is 17.8. The molecule has 0 saturated carbocycles. The van der Waals surface area contributed by atoms with Crippen LogP contribution in [0.2, 0.25) is 0 Å². The van der Waals surface area contributed by atoms with Gasteiger partial charge in [0.1, 0.15) is 0 Å². The molecule has 1 aliphatic heterocycles. The van der Waals surface area contributed by atoms with Crippen molar-refractivity contribution in [1.82, 2.24) is 15.1 Å². The second kappa shape index (κ2) is 7.80. The number of aliphatic hydroxyl groups excluding tert-OH is 1. The number of aliphatic hydroxyl groups is 1. The van der Waals surface area contributed by atoms with Crippen LogP contribution in [0.25, 0.3) is 0 Å². The first kappa shape index (κ1) is 16.3. The second-order valence-electron chi connectivity index (χ2n) is 6.69. The Morgan fingerprint density at radius 1 is 1.43 bits per heavy atom. The first-order chi connectivity index (χ1) is 10.0. The van der Waals surface area contributed by atoms with Gasteiger partial charge in [0, 0.05) is 38.9 Å². The Hall–Kier alpha value is -1.07. The maximum atomic E-state index is 10.0. The molecule has 1 aliphatic rings. The minimum atomic E-state index is -0.221. The minimum absolute atomic E-state index is 0.221. The highest BCUT2D eigenvalue weighted by molar-refractivity contribution is 5.42. The number of anilines is 1. The molecule has 2 rings (SSSR count). The van der Waals surface area contributed by atoms with Gasteiger partial charge in [0.25, 0.3) is 0 Å². The third-order valence-electron chi connectivity index (χ3n) is 4.20. The maximum absolute atomic E-state index is 10.0. The van der Waals surface area contributed by atoms with E-state index in [1.54, 1.807) is 0 Å².